The number of rotatable bonds is 5. The Balaban J connectivity index is 1.37. The van der Waals surface area contributed by atoms with Crippen molar-refractivity contribution in [1.82, 2.24) is 20.3 Å². The van der Waals surface area contributed by atoms with Crippen LogP contribution < -0.4 is 15.5 Å². The lowest BCUT2D eigenvalue weighted by atomic mass is 10.0. The average Bonchev–Trinajstić information content (AvgIpc) is 3.23. The number of hydrogen-bond acceptors (Lipinski definition) is 6. The second-order valence-corrected chi connectivity index (χ2v) is 8.55. The first-order valence-corrected chi connectivity index (χ1v) is 11.1. The van der Waals surface area contributed by atoms with Crippen LogP contribution in [0.25, 0.3) is 16.6 Å². The molecule has 0 amide bonds. The smallest absolute Gasteiger partial charge is 0.139 e. The van der Waals surface area contributed by atoms with Crippen LogP contribution in [-0.2, 0) is 11.3 Å². The largest absolute Gasteiger partial charge is 0.379 e. The van der Waals surface area contributed by atoms with E-state index in [1.165, 1.54) is 11.1 Å². The van der Waals surface area contributed by atoms with E-state index in [1.54, 1.807) is 0 Å². The normalized spacial score (nSPS) is 21.9. The summed E-state index contributed by atoms with van der Waals surface area (Å²) in [4.78, 5) is 15.2. The SMILES string of the molecule is C[C@@H]1CN(c2cccc(CNc3ccnc4[nH]cc(C5=CCOCC5)c34)n2)C[C@H](C)N1. The van der Waals surface area contributed by atoms with Gasteiger partial charge in [-0.3, -0.25) is 0 Å². The van der Waals surface area contributed by atoms with Gasteiger partial charge in [0.05, 0.1) is 25.5 Å². The third-order valence-corrected chi connectivity index (χ3v) is 6.02. The van der Waals surface area contributed by atoms with Gasteiger partial charge in [0.2, 0.25) is 0 Å². The molecule has 3 aromatic rings. The second-order valence-electron chi connectivity index (χ2n) is 8.55. The zero-order valence-electron chi connectivity index (χ0n) is 18.2. The standard InChI is InChI=1S/C24H30N6O/c1-16-14-30(15-17(2)28-16)22-5-3-4-19(29-22)12-26-21-6-9-25-24-23(21)20(13-27-24)18-7-10-31-11-8-18/h3-7,9,13,16-17,28H,8,10-12,14-15H2,1-2H3,(H2,25,26,27)/t16-,17+. The van der Waals surface area contributed by atoms with Gasteiger partial charge in [0.25, 0.3) is 0 Å². The Morgan fingerprint density at radius 3 is 2.87 bits per heavy atom. The number of anilines is 2. The minimum atomic E-state index is 0.462. The molecule has 7 heteroatoms. The maximum absolute atomic E-state index is 5.49. The van der Waals surface area contributed by atoms with Crippen molar-refractivity contribution in [2.45, 2.75) is 38.9 Å². The van der Waals surface area contributed by atoms with Crippen molar-refractivity contribution in [1.29, 1.82) is 0 Å². The van der Waals surface area contributed by atoms with E-state index in [4.69, 9.17) is 9.72 Å². The summed E-state index contributed by atoms with van der Waals surface area (Å²) in [5.74, 6) is 1.05. The van der Waals surface area contributed by atoms with E-state index < -0.39 is 0 Å². The molecule has 0 radical (unpaired) electrons. The topological polar surface area (TPSA) is 78.1 Å². The van der Waals surface area contributed by atoms with Crippen LogP contribution in [0.5, 0.6) is 0 Å². The minimum Gasteiger partial charge on any atom is -0.379 e. The summed E-state index contributed by atoms with van der Waals surface area (Å²) in [6, 6.07) is 9.27. The monoisotopic (exact) mass is 418 g/mol. The van der Waals surface area contributed by atoms with E-state index in [-0.39, 0.29) is 0 Å². The van der Waals surface area contributed by atoms with Crippen LogP contribution in [0.1, 0.15) is 31.5 Å². The number of piperazine rings is 1. The van der Waals surface area contributed by atoms with Gasteiger partial charge in [-0.1, -0.05) is 12.1 Å². The molecule has 7 nitrogen and oxygen atoms in total. The van der Waals surface area contributed by atoms with E-state index in [0.717, 1.165) is 54.3 Å². The molecule has 0 aliphatic carbocycles. The van der Waals surface area contributed by atoms with Gasteiger partial charge in [-0.15, -0.1) is 0 Å². The third kappa shape index (κ3) is 4.29. The first-order chi connectivity index (χ1) is 15.2. The summed E-state index contributed by atoms with van der Waals surface area (Å²) in [6.45, 7) is 8.51. The Morgan fingerprint density at radius 2 is 2.06 bits per heavy atom. The number of nitrogens with one attached hydrogen (secondary N) is 3. The number of nitrogens with zero attached hydrogens (tertiary/aromatic N) is 3. The van der Waals surface area contributed by atoms with Crippen LogP contribution in [0, 0.1) is 0 Å². The van der Waals surface area contributed by atoms with Gasteiger partial charge >= 0.3 is 0 Å². The third-order valence-electron chi connectivity index (χ3n) is 6.02. The summed E-state index contributed by atoms with van der Waals surface area (Å²) in [6.07, 6.45) is 7.00. The Kier molecular flexibility index (Phi) is 5.61. The van der Waals surface area contributed by atoms with Gasteiger partial charge in [-0.25, -0.2) is 9.97 Å². The summed E-state index contributed by atoms with van der Waals surface area (Å²) < 4.78 is 5.49. The maximum Gasteiger partial charge on any atom is 0.139 e. The lowest BCUT2D eigenvalue weighted by Gasteiger charge is -2.37. The van der Waals surface area contributed by atoms with E-state index in [0.29, 0.717) is 25.2 Å². The highest BCUT2D eigenvalue weighted by Gasteiger charge is 2.22. The zero-order valence-corrected chi connectivity index (χ0v) is 18.2. The Bertz CT molecular complexity index is 1080. The van der Waals surface area contributed by atoms with Gasteiger partial charge < -0.3 is 25.3 Å². The number of fused-ring (bicyclic) bond motifs is 1. The van der Waals surface area contributed by atoms with Crippen molar-refractivity contribution >= 4 is 28.1 Å². The highest BCUT2D eigenvalue weighted by Crippen LogP contribution is 2.33. The molecule has 1 saturated heterocycles. The van der Waals surface area contributed by atoms with E-state index >= 15 is 0 Å². The first kappa shape index (κ1) is 20.0. The fourth-order valence-electron chi connectivity index (χ4n) is 4.67. The lowest BCUT2D eigenvalue weighted by molar-refractivity contribution is 0.161. The zero-order chi connectivity index (χ0) is 21.2. The van der Waals surface area contributed by atoms with E-state index in [1.807, 2.05) is 12.3 Å². The molecule has 3 aromatic heterocycles. The van der Waals surface area contributed by atoms with Crippen LogP contribution in [0.3, 0.4) is 0 Å². The first-order valence-electron chi connectivity index (χ1n) is 11.1. The summed E-state index contributed by atoms with van der Waals surface area (Å²) >= 11 is 0. The molecule has 2 aliphatic heterocycles. The molecular weight excluding hydrogens is 388 g/mol. The van der Waals surface area contributed by atoms with Gasteiger partial charge in [-0.05, 0) is 44.0 Å². The minimum absolute atomic E-state index is 0.462. The van der Waals surface area contributed by atoms with Crippen LogP contribution in [0.15, 0.2) is 42.7 Å². The molecule has 162 valence electrons. The molecule has 1 fully saturated rings. The fourth-order valence-corrected chi connectivity index (χ4v) is 4.67. The molecule has 5 heterocycles. The van der Waals surface area contributed by atoms with Crippen molar-refractivity contribution < 1.29 is 4.74 Å². The highest BCUT2D eigenvalue weighted by atomic mass is 16.5. The maximum atomic E-state index is 5.49. The summed E-state index contributed by atoms with van der Waals surface area (Å²) in [5, 5.41) is 8.32. The molecule has 0 unspecified atom stereocenters. The number of aromatic amines is 1. The van der Waals surface area contributed by atoms with Gasteiger partial charge in [0, 0.05) is 54.2 Å². The predicted octanol–water partition coefficient (Wildman–Crippen LogP) is 3.56. The lowest BCUT2D eigenvalue weighted by Crippen LogP contribution is -2.54. The summed E-state index contributed by atoms with van der Waals surface area (Å²) in [5.41, 5.74) is 5.53. The number of aromatic nitrogens is 3. The molecule has 0 spiro atoms. The molecule has 0 aromatic carbocycles. The van der Waals surface area contributed by atoms with Crippen LogP contribution >= 0.6 is 0 Å². The molecular formula is C24H30N6O. The average molecular weight is 419 g/mol. The number of hydrogen-bond donors (Lipinski definition) is 3. The van der Waals surface area contributed by atoms with Crippen LogP contribution in [-0.4, -0.2) is 53.3 Å². The Labute approximate surface area is 182 Å². The van der Waals surface area contributed by atoms with Gasteiger partial charge in [-0.2, -0.15) is 0 Å². The molecule has 0 saturated carbocycles. The number of pyridine rings is 2. The molecule has 2 atom stereocenters. The Morgan fingerprint density at radius 1 is 1.19 bits per heavy atom. The van der Waals surface area contributed by atoms with Crippen LogP contribution in [0.4, 0.5) is 11.5 Å². The van der Waals surface area contributed by atoms with Crippen LogP contribution in [0.2, 0.25) is 0 Å². The molecule has 3 N–H and O–H groups in total. The van der Waals surface area contributed by atoms with Crippen molar-refractivity contribution in [2.75, 3.05) is 36.5 Å². The quantitative estimate of drug-likeness (QED) is 0.588. The van der Waals surface area contributed by atoms with Crippen molar-refractivity contribution in [3.8, 4) is 0 Å². The van der Waals surface area contributed by atoms with E-state index in [2.05, 4.69) is 69.8 Å². The van der Waals surface area contributed by atoms with Gasteiger partial charge in [0.1, 0.15) is 11.5 Å². The molecule has 5 rings (SSSR count). The van der Waals surface area contributed by atoms with Crippen molar-refractivity contribution in [2.24, 2.45) is 0 Å². The Hall–Kier alpha value is -2.90. The second kappa shape index (κ2) is 8.69. The fraction of sp³-hybridized carbons (Fsp3) is 0.417. The molecule has 31 heavy (non-hydrogen) atoms. The molecule has 0 bridgehead atoms. The summed E-state index contributed by atoms with van der Waals surface area (Å²) in [7, 11) is 0. The van der Waals surface area contributed by atoms with Gasteiger partial charge in [0.15, 0.2) is 0 Å². The predicted molar refractivity (Wildman–Crippen MR) is 125 cm³/mol. The van der Waals surface area contributed by atoms with E-state index in [9.17, 15) is 0 Å². The van der Waals surface area contributed by atoms with Crippen molar-refractivity contribution in [3.63, 3.8) is 0 Å². The molecule has 2 aliphatic rings. The van der Waals surface area contributed by atoms with Crippen molar-refractivity contribution in [3.05, 3.63) is 54.0 Å². The number of H-pyrrole nitrogens is 1. The highest BCUT2D eigenvalue weighted by molar-refractivity contribution is 5.99. The number of ether oxygens (including phenoxy) is 1.